The fraction of sp³-hybridized carbons (Fsp3) is 0.556. The van der Waals surface area contributed by atoms with Gasteiger partial charge in [0.1, 0.15) is 11.8 Å². The molecule has 0 aromatic heterocycles. The molecule has 1 aliphatic rings. The van der Waals surface area contributed by atoms with Gasteiger partial charge in [0.2, 0.25) is 11.8 Å². The van der Waals surface area contributed by atoms with Crippen molar-refractivity contribution in [2.24, 2.45) is 5.73 Å². The van der Waals surface area contributed by atoms with Crippen LogP contribution in [0.25, 0.3) is 0 Å². The Labute approximate surface area is 143 Å². The number of methoxy groups -OCH3 is 1. The average Bonchev–Trinajstić information content (AvgIpc) is 2.59. The normalized spacial score (nSPS) is 18.7. The molecule has 24 heavy (non-hydrogen) atoms. The Kier molecular flexibility index (Phi) is 6.20. The molecule has 0 radical (unpaired) electrons. The van der Waals surface area contributed by atoms with Crippen LogP contribution in [0.1, 0.15) is 25.8 Å². The van der Waals surface area contributed by atoms with Gasteiger partial charge in [-0.15, -0.1) is 0 Å². The predicted molar refractivity (Wildman–Crippen MR) is 92.7 cm³/mol. The van der Waals surface area contributed by atoms with Crippen LogP contribution in [0.5, 0.6) is 5.75 Å². The van der Waals surface area contributed by atoms with Crippen LogP contribution >= 0.6 is 0 Å². The van der Waals surface area contributed by atoms with Gasteiger partial charge in [-0.2, -0.15) is 0 Å². The van der Waals surface area contributed by atoms with Gasteiger partial charge in [-0.3, -0.25) is 14.5 Å². The molecule has 1 fully saturated rings. The van der Waals surface area contributed by atoms with Gasteiger partial charge in [0.15, 0.2) is 0 Å². The Morgan fingerprint density at radius 1 is 1.29 bits per heavy atom. The van der Waals surface area contributed by atoms with E-state index in [1.54, 1.807) is 12.0 Å². The van der Waals surface area contributed by atoms with Gasteiger partial charge in [-0.1, -0.05) is 18.2 Å². The smallest absolute Gasteiger partial charge is 0.241 e. The largest absolute Gasteiger partial charge is 0.496 e. The molecule has 1 aliphatic heterocycles. The number of nitrogens with two attached hydrogens (primary N) is 1. The van der Waals surface area contributed by atoms with E-state index in [0.29, 0.717) is 32.0 Å². The van der Waals surface area contributed by atoms with Crippen LogP contribution in [0.4, 0.5) is 0 Å². The topological polar surface area (TPSA) is 75.9 Å². The molecule has 2 N–H and O–H groups in total. The summed E-state index contributed by atoms with van der Waals surface area (Å²) >= 11 is 0. The highest BCUT2D eigenvalue weighted by atomic mass is 16.5. The van der Waals surface area contributed by atoms with Gasteiger partial charge in [-0.05, 0) is 31.9 Å². The summed E-state index contributed by atoms with van der Waals surface area (Å²) in [4.78, 5) is 28.2. The number of piperazine rings is 1. The zero-order valence-corrected chi connectivity index (χ0v) is 14.7. The molecule has 1 aromatic rings. The van der Waals surface area contributed by atoms with Crippen molar-refractivity contribution in [3.05, 3.63) is 29.8 Å². The first-order valence-corrected chi connectivity index (χ1v) is 8.38. The molecular weight excluding hydrogens is 306 g/mol. The van der Waals surface area contributed by atoms with E-state index in [-0.39, 0.29) is 5.91 Å². The average molecular weight is 333 g/mol. The molecule has 0 spiro atoms. The first-order chi connectivity index (χ1) is 11.4. The standard InChI is InChI=1S/C18H27N3O3/c1-13(2)20-10-11-21(15(12-20)18(19)23)17(22)9-8-14-6-4-5-7-16(14)24-3/h4-7,13,15H,8-12H2,1-3H3,(H2,19,23)/t15-/m0/s1. The van der Waals surface area contributed by atoms with Gasteiger partial charge in [-0.25, -0.2) is 0 Å². The van der Waals surface area contributed by atoms with Gasteiger partial charge >= 0.3 is 0 Å². The van der Waals surface area contributed by atoms with Crippen molar-refractivity contribution in [3.63, 3.8) is 0 Å². The Balaban J connectivity index is 2.01. The first-order valence-electron chi connectivity index (χ1n) is 8.38. The molecule has 0 saturated carbocycles. The molecule has 132 valence electrons. The van der Waals surface area contributed by atoms with E-state index >= 15 is 0 Å². The van der Waals surface area contributed by atoms with Crippen molar-refractivity contribution in [1.82, 2.24) is 9.80 Å². The number of primary amides is 1. The first kappa shape index (κ1) is 18.3. The summed E-state index contributed by atoms with van der Waals surface area (Å²) in [6.07, 6.45) is 0.921. The van der Waals surface area contributed by atoms with Crippen LogP contribution in [0, 0.1) is 0 Å². The summed E-state index contributed by atoms with van der Waals surface area (Å²) in [5.41, 5.74) is 6.52. The fourth-order valence-electron chi connectivity index (χ4n) is 3.11. The third-order valence-electron chi connectivity index (χ3n) is 4.59. The second-order valence-corrected chi connectivity index (χ2v) is 6.41. The third kappa shape index (κ3) is 4.26. The number of amides is 2. The molecular formula is C18H27N3O3. The molecule has 2 rings (SSSR count). The minimum atomic E-state index is -0.550. The van der Waals surface area contributed by atoms with Crippen molar-refractivity contribution in [1.29, 1.82) is 0 Å². The minimum absolute atomic E-state index is 0.0342. The number of hydrogen-bond acceptors (Lipinski definition) is 4. The Hall–Kier alpha value is -2.08. The molecule has 1 heterocycles. The lowest BCUT2D eigenvalue weighted by Crippen LogP contribution is -2.61. The molecule has 0 unspecified atom stereocenters. The van der Waals surface area contributed by atoms with Crippen LogP contribution < -0.4 is 10.5 Å². The van der Waals surface area contributed by atoms with E-state index < -0.39 is 11.9 Å². The summed E-state index contributed by atoms with van der Waals surface area (Å²) in [5, 5.41) is 0. The zero-order valence-electron chi connectivity index (χ0n) is 14.7. The van der Waals surface area contributed by atoms with Crippen LogP contribution in [0.2, 0.25) is 0 Å². The van der Waals surface area contributed by atoms with Crippen molar-refractivity contribution < 1.29 is 14.3 Å². The highest BCUT2D eigenvalue weighted by Gasteiger charge is 2.34. The fourth-order valence-corrected chi connectivity index (χ4v) is 3.11. The number of aryl methyl sites for hydroxylation is 1. The van der Waals surface area contributed by atoms with E-state index in [9.17, 15) is 9.59 Å². The lowest BCUT2D eigenvalue weighted by atomic mass is 10.1. The predicted octanol–water partition coefficient (Wildman–Crippen LogP) is 1.03. The maximum Gasteiger partial charge on any atom is 0.241 e. The van der Waals surface area contributed by atoms with Crippen molar-refractivity contribution in [2.45, 2.75) is 38.8 Å². The van der Waals surface area contributed by atoms with E-state index in [2.05, 4.69) is 18.7 Å². The highest BCUT2D eigenvalue weighted by Crippen LogP contribution is 2.20. The molecule has 1 saturated heterocycles. The number of nitrogens with zero attached hydrogens (tertiary/aromatic N) is 2. The second kappa shape index (κ2) is 8.15. The van der Waals surface area contributed by atoms with E-state index in [4.69, 9.17) is 10.5 Å². The van der Waals surface area contributed by atoms with Gasteiger partial charge < -0.3 is 15.4 Å². The summed E-state index contributed by atoms with van der Waals surface area (Å²) in [6.45, 7) is 5.97. The molecule has 6 heteroatoms. The van der Waals surface area contributed by atoms with E-state index in [1.165, 1.54) is 0 Å². The molecule has 1 atom stereocenters. The maximum atomic E-state index is 12.6. The van der Waals surface area contributed by atoms with Crippen molar-refractivity contribution in [2.75, 3.05) is 26.7 Å². The number of para-hydroxylation sites is 1. The highest BCUT2D eigenvalue weighted by molar-refractivity contribution is 5.87. The second-order valence-electron chi connectivity index (χ2n) is 6.41. The SMILES string of the molecule is COc1ccccc1CCC(=O)N1CCN(C(C)C)C[C@H]1C(N)=O. The van der Waals surface area contributed by atoms with E-state index in [0.717, 1.165) is 17.9 Å². The van der Waals surface area contributed by atoms with Crippen LogP contribution in [-0.2, 0) is 16.0 Å². The summed E-state index contributed by atoms with van der Waals surface area (Å²) in [5.74, 6) is 0.306. The van der Waals surface area contributed by atoms with Gasteiger partial charge in [0, 0.05) is 32.1 Å². The molecule has 0 bridgehead atoms. The lowest BCUT2D eigenvalue weighted by Gasteiger charge is -2.41. The number of carbonyl (C=O) groups excluding carboxylic acids is 2. The van der Waals surface area contributed by atoms with E-state index in [1.807, 2.05) is 24.3 Å². The Morgan fingerprint density at radius 2 is 2.00 bits per heavy atom. The number of carbonyl (C=O) groups is 2. The molecule has 6 nitrogen and oxygen atoms in total. The zero-order chi connectivity index (χ0) is 17.7. The van der Waals surface area contributed by atoms with Crippen LogP contribution in [0.3, 0.4) is 0 Å². The van der Waals surface area contributed by atoms with Gasteiger partial charge in [0.25, 0.3) is 0 Å². The Bertz CT molecular complexity index is 589. The summed E-state index contributed by atoms with van der Waals surface area (Å²) < 4.78 is 5.32. The molecule has 0 aliphatic carbocycles. The van der Waals surface area contributed by atoms with Crippen LogP contribution in [0.15, 0.2) is 24.3 Å². The van der Waals surface area contributed by atoms with Gasteiger partial charge in [0.05, 0.1) is 7.11 Å². The minimum Gasteiger partial charge on any atom is -0.496 e. The third-order valence-corrected chi connectivity index (χ3v) is 4.59. The van der Waals surface area contributed by atoms with Crippen LogP contribution in [-0.4, -0.2) is 60.4 Å². The lowest BCUT2D eigenvalue weighted by molar-refractivity contribution is -0.143. The number of benzene rings is 1. The quantitative estimate of drug-likeness (QED) is 0.844. The summed E-state index contributed by atoms with van der Waals surface area (Å²) in [6, 6.07) is 7.44. The van der Waals surface area contributed by atoms with Crippen molar-refractivity contribution >= 4 is 11.8 Å². The molecule has 1 aromatic carbocycles. The maximum absolute atomic E-state index is 12.6. The summed E-state index contributed by atoms with van der Waals surface area (Å²) in [7, 11) is 1.62. The number of hydrogen-bond donors (Lipinski definition) is 1. The monoisotopic (exact) mass is 333 g/mol. The Morgan fingerprint density at radius 3 is 2.62 bits per heavy atom. The number of ether oxygens (including phenoxy) is 1. The molecule has 2 amide bonds. The van der Waals surface area contributed by atoms with Crippen molar-refractivity contribution in [3.8, 4) is 5.75 Å². The number of rotatable bonds is 6.